The van der Waals surface area contributed by atoms with E-state index in [4.69, 9.17) is 4.74 Å². The molecule has 2 aliphatic rings. The maximum absolute atomic E-state index is 13.9. The summed E-state index contributed by atoms with van der Waals surface area (Å²) < 4.78 is 20.0. The highest BCUT2D eigenvalue weighted by molar-refractivity contribution is 5.85. The van der Waals surface area contributed by atoms with Crippen molar-refractivity contribution in [3.63, 3.8) is 0 Å². The number of rotatable bonds is 6. The average Bonchev–Trinajstić information content (AvgIpc) is 2.67. The molecule has 1 aliphatic heterocycles. The average molecular weight is 429 g/mol. The molecule has 1 saturated heterocycles. The first-order chi connectivity index (χ1) is 13.3. The van der Waals surface area contributed by atoms with Gasteiger partial charge >= 0.3 is 0 Å². The van der Waals surface area contributed by atoms with Gasteiger partial charge in [-0.25, -0.2) is 4.39 Å². The van der Waals surface area contributed by atoms with Gasteiger partial charge in [-0.05, 0) is 49.1 Å². The van der Waals surface area contributed by atoms with Crippen molar-refractivity contribution in [3.8, 4) is 0 Å². The highest BCUT2D eigenvalue weighted by atomic mass is 35.5. The zero-order chi connectivity index (χ0) is 20.1. The van der Waals surface area contributed by atoms with Crippen molar-refractivity contribution in [1.82, 2.24) is 4.90 Å². The molecule has 0 radical (unpaired) electrons. The maximum atomic E-state index is 13.9. The molecule has 4 nitrogen and oxygen atoms in total. The summed E-state index contributed by atoms with van der Waals surface area (Å²) in [6, 6.07) is 6.95. The van der Waals surface area contributed by atoms with Crippen LogP contribution in [-0.4, -0.2) is 61.5 Å². The van der Waals surface area contributed by atoms with Crippen LogP contribution in [0, 0.1) is 17.2 Å². The van der Waals surface area contributed by atoms with Crippen LogP contribution >= 0.6 is 12.4 Å². The number of piperazine rings is 1. The second-order valence-corrected chi connectivity index (χ2v) is 9.57. The smallest absolute Gasteiger partial charge is 0.146 e. The molecule has 2 fully saturated rings. The highest BCUT2D eigenvalue weighted by Crippen LogP contribution is 2.38. The molecule has 3 rings (SSSR count). The van der Waals surface area contributed by atoms with Crippen molar-refractivity contribution in [2.24, 2.45) is 11.3 Å². The minimum atomic E-state index is -0.458. The standard InChI is InChI=1S/C23H37FN2O2.ClH/c1-23(2,3)18-8-10-20(11-9-18)28-17-19(27)16-25-12-14-26(15-13-25)22-7-5-4-6-21(22)24;/h4-7,18-20,27H,8-17H2,1-3H3;1H. The SMILES string of the molecule is CC(C)(C)C1CCC(OCC(O)CN2CCN(c3ccccc3F)CC2)CC1.Cl. The van der Waals surface area contributed by atoms with Gasteiger partial charge in [-0.3, -0.25) is 4.90 Å². The normalized spacial score (nSPS) is 24.8. The number of hydrogen-bond donors (Lipinski definition) is 1. The van der Waals surface area contributed by atoms with Gasteiger partial charge in [-0.1, -0.05) is 32.9 Å². The van der Waals surface area contributed by atoms with Gasteiger partial charge in [-0.2, -0.15) is 0 Å². The summed E-state index contributed by atoms with van der Waals surface area (Å²) in [6.45, 7) is 11.3. The van der Waals surface area contributed by atoms with Crippen LogP contribution in [0.15, 0.2) is 24.3 Å². The Hall–Kier alpha value is -0.880. The monoisotopic (exact) mass is 428 g/mol. The maximum Gasteiger partial charge on any atom is 0.146 e. The quantitative estimate of drug-likeness (QED) is 0.730. The number of aliphatic hydroxyl groups is 1. The summed E-state index contributed by atoms with van der Waals surface area (Å²) in [5, 5.41) is 10.4. The molecule has 1 aromatic rings. The van der Waals surface area contributed by atoms with Crippen LogP contribution in [0.1, 0.15) is 46.5 Å². The zero-order valence-corrected chi connectivity index (χ0v) is 19.0. The van der Waals surface area contributed by atoms with Crippen molar-refractivity contribution in [2.45, 2.75) is 58.7 Å². The van der Waals surface area contributed by atoms with E-state index in [9.17, 15) is 9.50 Å². The summed E-state index contributed by atoms with van der Waals surface area (Å²) in [5.41, 5.74) is 1.06. The number of nitrogens with zero attached hydrogens (tertiary/aromatic N) is 2. The van der Waals surface area contributed by atoms with Gasteiger partial charge in [0.05, 0.1) is 24.5 Å². The Morgan fingerprint density at radius 2 is 1.69 bits per heavy atom. The Balaban J connectivity index is 0.00000300. The van der Waals surface area contributed by atoms with Crippen molar-refractivity contribution in [2.75, 3.05) is 44.2 Å². The molecule has 1 N–H and O–H groups in total. The Kier molecular flexibility index (Phi) is 9.20. The topological polar surface area (TPSA) is 35.9 Å². The number of para-hydroxylation sites is 1. The molecule has 1 heterocycles. The molecule has 1 atom stereocenters. The molecule has 29 heavy (non-hydrogen) atoms. The summed E-state index contributed by atoms with van der Waals surface area (Å²) >= 11 is 0. The lowest BCUT2D eigenvalue weighted by molar-refractivity contribution is -0.0446. The molecule has 0 amide bonds. The van der Waals surface area contributed by atoms with Crippen LogP contribution in [-0.2, 0) is 4.74 Å². The molecular weight excluding hydrogens is 391 g/mol. The third-order valence-corrected chi connectivity index (χ3v) is 6.46. The predicted molar refractivity (Wildman–Crippen MR) is 119 cm³/mol. The number of benzene rings is 1. The first-order valence-corrected chi connectivity index (χ1v) is 10.8. The summed E-state index contributed by atoms with van der Waals surface area (Å²) in [4.78, 5) is 4.34. The third-order valence-electron chi connectivity index (χ3n) is 6.46. The molecule has 1 aromatic carbocycles. The second-order valence-electron chi connectivity index (χ2n) is 9.57. The van der Waals surface area contributed by atoms with Crippen LogP contribution in [0.3, 0.4) is 0 Å². The van der Waals surface area contributed by atoms with Gasteiger partial charge in [0, 0.05) is 32.7 Å². The fraction of sp³-hybridized carbons (Fsp3) is 0.739. The molecule has 0 spiro atoms. The van der Waals surface area contributed by atoms with Crippen LogP contribution in [0.4, 0.5) is 10.1 Å². The van der Waals surface area contributed by atoms with E-state index in [1.54, 1.807) is 6.07 Å². The Labute approximate surface area is 181 Å². The number of β-amino-alcohol motifs (C(OH)–C–C–N with tert-alkyl or cyclic N) is 1. The molecule has 1 saturated carbocycles. The van der Waals surface area contributed by atoms with Gasteiger partial charge < -0.3 is 14.7 Å². The minimum Gasteiger partial charge on any atom is -0.389 e. The fourth-order valence-electron chi connectivity index (χ4n) is 4.57. The predicted octanol–water partition coefficient (Wildman–Crippen LogP) is 4.35. The third kappa shape index (κ3) is 7.09. The molecule has 0 aromatic heterocycles. The van der Waals surface area contributed by atoms with E-state index in [-0.39, 0.29) is 18.2 Å². The number of anilines is 1. The summed E-state index contributed by atoms with van der Waals surface area (Å²) in [7, 11) is 0. The molecule has 1 aliphatic carbocycles. The van der Waals surface area contributed by atoms with E-state index >= 15 is 0 Å². The van der Waals surface area contributed by atoms with Crippen LogP contribution in [0.2, 0.25) is 0 Å². The lowest BCUT2D eigenvalue weighted by Gasteiger charge is -2.38. The summed E-state index contributed by atoms with van der Waals surface area (Å²) in [6.07, 6.45) is 4.50. The van der Waals surface area contributed by atoms with Gasteiger partial charge in [0.1, 0.15) is 5.82 Å². The molecular formula is C23H38ClFN2O2. The van der Waals surface area contributed by atoms with Gasteiger partial charge in [0.25, 0.3) is 0 Å². The van der Waals surface area contributed by atoms with Crippen molar-refractivity contribution < 1.29 is 14.2 Å². The first kappa shape index (κ1) is 24.4. The lowest BCUT2D eigenvalue weighted by atomic mass is 9.72. The van der Waals surface area contributed by atoms with Crippen LogP contribution in [0.5, 0.6) is 0 Å². The Morgan fingerprint density at radius 1 is 1.07 bits per heavy atom. The van der Waals surface area contributed by atoms with Gasteiger partial charge in [-0.15, -0.1) is 12.4 Å². The molecule has 0 bridgehead atoms. The van der Waals surface area contributed by atoms with E-state index < -0.39 is 6.10 Å². The number of aliphatic hydroxyl groups excluding tert-OH is 1. The number of hydrogen-bond acceptors (Lipinski definition) is 4. The van der Waals surface area contributed by atoms with Gasteiger partial charge in [0.2, 0.25) is 0 Å². The van der Waals surface area contributed by atoms with E-state index in [0.717, 1.165) is 44.9 Å². The Bertz CT molecular complexity index is 609. The Morgan fingerprint density at radius 3 is 2.28 bits per heavy atom. The molecule has 6 heteroatoms. The molecule has 1 unspecified atom stereocenters. The fourth-order valence-corrected chi connectivity index (χ4v) is 4.57. The van der Waals surface area contributed by atoms with Crippen molar-refractivity contribution in [3.05, 3.63) is 30.1 Å². The largest absolute Gasteiger partial charge is 0.389 e. The summed E-state index contributed by atoms with van der Waals surface area (Å²) in [5.74, 6) is 0.619. The van der Waals surface area contributed by atoms with E-state index in [1.807, 2.05) is 12.1 Å². The van der Waals surface area contributed by atoms with E-state index in [1.165, 1.54) is 18.9 Å². The highest BCUT2D eigenvalue weighted by Gasteiger charge is 2.30. The molecule has 166 valence electrons. The van der Waals surface area contributed by atoms with E-state index in [0.29, 0.717) is 30.4 Å². The van der Waals surface area contributed by atoms with Crippen molar-refractivity contribution >= 4 is 18.1 Å². The van der Waals surface area contributed by atoms with Crippen LogP contribution in [0.25, 0.3) is 0 Å². The second kappa shape index (κ2) is 10.9. The van der Waals surface area contributed by atoms with Gasteiger partial charge in [0.15, 0.2) is 0 Å². The first-order valence-electron chi connectivity index (χ1n) is 10.8. The van der Waals surface area contributed by atoms with E-state index in [2.05, 4.69) is 30.6 Å². The number of halogens is 2. The van der Waals surface area contributed by atoms with Crippen LogP contribution < -0.4 is 4.90 Å². The van der Waals surface area contributed by atoms with Crippen molar-refractivity contribution in [1.29, 1.82) is 0 Å². The lowest BCUT2D eigenvalue weighted by Crippen LogP contribution is -2.49. The zero-order valence-electron chi connectivity index (χ0n) is 18.1. The minimum absolute atomic E-state index is 0. The number of ether oxygens (including phenoxy) is 1.